The summed E-state index contributed by atoms with van der Waals surface area (Å²) < 4.78 is 13.3. The molecule has 0 aromatic heterocycles. The molecule has 94 valence electrons. The van der Waals surface area contributed by atoms with Crippen LogP contribution in [0.15, 0.2) is 24.3 Å². The van der Waals surface area contributed by atoms with Gasteiger partial charge in [-0.2, -0.15) is 0 Å². The van der Waals surface area contributed by atoms with Gasteiger partial charge in [-0.3, -0.25) is 4.79 Å². The molecule has 17 heavy (non-hydrogen) atoms. The maximum absolute atomic E-state index is 13.3. The van der Waals surface area contributed by atoms with E-state index in [1.54, 1.807) is 18.2 Å². The van der Waals surface area contributed by atoms with Gasteiger partial charge in [-0.05, 0) is 24.5 Å². The summed E-state index contributed by atoms with van der Waals surface area (Å²) in [6.07, 6.45) is 2.02. The summed E-state index contributed by atoms with van der Waals surface area (Å²) in [5.41, 5.74) is 0.441. The monoisotopic (exact) mass is 301 g/mol. The second kappa shape index (κ2) is 7.43. The lowest BCUT2D eigenvalue weighted by atomic mass is 10.1. The van der Waals surface area contributed by atoms with Gasteiger partial charge in [-0.15, -0.1) is 0 Å². The maximum Gasteiger partial charge on any atom is 0.224 e. The van der Waals surface area contributed by atoms with Gasteiger partial charge in [0.15, 0.2) is 0 Å². The first-order valence-electron chi connectivity index (χ1n) is 5.77. The first-order valence-corrected chi connectivity index (χ1v) is 6.69. The predicted molar refractivity (Wildman–Crippen MR) is 70.7 cm³/mol. The number of alkyl halides is 1. The van der Waals surface area contributed by atoms with Gasteiger partial charge in [-0.1, -0.05) is 41.1 Å². The van der Waals surface area contributed by atoms with E-state index in [-0.39, 0.29) is 18.1 Å². The number of hydrogen-bond acceptors (Lipinski definition) is 1. The highest BCUT2D eigenvalue weighted by Gasteiger charge is 2.07. The van der Waals surface area contributed by atoms with Crippen molar-refractivity contribution in [3.8, 4) is 0 Å². The Hall–Kier alpha value is -0.900. The normalized spacial score (nSPS) is 12.2. The molecule has 2 nitrogen and oxygen atoms in total. The summed E-state index contributed by atoms with van der Waals surface area (Å²) in [4.78, 5) is 12.0. The molecule has 0 radical (unpaired) electrons. The second-order valence-corrected chi connectivity index (χ2v) is 5.21. The average molecular weight is 302 g/mol. The lowest BCUT2D eigenvalue weighted by Gasteiger charge is -2.08. The zero-order valence-corrected chi connectivity index (χ0v) is 11.5. The summed E-state index contributed by atoms with van der Waals surface area (Å²) in [6, 6.07) is 6.35. The average Bonchev–Trinajstić information content (AvgIpc) is 2.32. The minimum absolute atomic E-state index is 0.103. The SMILES string of the molecule is CCC(Br)CCNC(=O)Cc1ccccc1F. The van der Waals surface area contributed by atoms with E-state index in [1.165, 1.54) is 6.07 Å². The zero-order chi connectivity index (χ0) is 12.7. The van der Waals surface area contributed by atoms with Crippen LogP contribution in [0.5, 0.6) is 0 Å². The largest absolute Gasteiger partial charge is 0.356 e. The molecular formula is C13H17BrFNO. The summed E-state index contributed by atoms with van der Waals surface area (Å²) in [5.74, 6) is -0.458. The quantitative estimate of drug-likeness (QED) is 0.804. The molecule has 1 unspecified atom stereocenters. The van der Waals surface area contributed by atoms with Crippen molar-refractivity contribution in [3.63, 3.8) is 0 Å². The Morgan fingerprint density at radius 3 is 2.82 bits per heavy atom. The fraction of sp³-hybridized carbons (Fsp3) is 0.462. The van der Waals surface area contributed by atoms with Gasteiger partial charge < -0.3 is 5.32 Å². The molecule has 0 saturated heterocycles. The van der Waals surface area contributed by atoms with Gasteiger partial charge in [0.1, 0.15) is 5.82 Å². The van der Waals surface area contributed by atoms with E-state index in [4.69, 9.17) is 0 Å². The fourth-order valence-electron chi connectivity index (χ4n) is 1.45. The Balaban J connectivity index is 2.33. The second-order valence-electron chi connectivity index (χ2n) is 3.91. The lowest BCUT2D eigenvalue weighted by Crippen LogP contribution is -2.27. The number of carbonyl (C=O) groups excluding carboxylic acids is 1. The van der Waals surface area contributed by atoms with E-state index in [0.29, 0.717) is 16.9 Å². The van der Waals surface area contributed by atoms with Crippen LogP contribution in [-0.2, 0) is 11.2 Å². The standard InChI is InChI=1S/C13H17BrFNO/c1-2-11(14)7-8-16-13(17)9-10-5-3-4-6-12(10)15/h3-6,11H,2,7-9H2,1H3,(H,16,17). The molecule has 1 aromatic carbocycles. The highest BCUT2D eigenvalue weighted by molar-refractivity contribution is 9.09. The molecule has 0 spiro atoms. The highest BCUT2D eigenvalue weighted by atomic mass is 79.9. The Labute approximate surface area is 110 Å². The van der Waals surface area contributed by atoms with Gasteiger partial charge in [0.05, 0.1) is 6.42 Å². The molecule has 0 fully saturated rings. The summed E-state index contributed by atoms with van der Waals surface area (Å²) in [5, 5.41) is 2.79. The van der Waals surface area contributed by atoms with E-state index in [0.717, 1.165) is 12.8 Å². The molecular weight excluding hydrogens is 285 g/mol. The summed E-state index contributed by atoms with van der Waals surface area (Å²) >= 11 is 3.49. The van der Waals surface area contributed by atoms with Crippen molar-refractivity contribution in [1.29, 1.82) is 0 Å². The van der Waals surface area contributed by atoms with Crippen LogP contribution in [0.2, 0.25) is 0 Å². The van der Waals surface area contributed by atoms with Crippen molar-refractivity contribution in [2.45, 2.75) is 31.0 Å². The van der Waals surface area contributed by atoms with Crippen molar-refractivity contribution in [3.05, 3.63) is 35.6 Å². The van der Waals surface area contributed by atoms with Gasteiger partial charge in [-0.25, -0.2) is 4.39 Å². The summed E-state index contributed by atoms with van der Waals surface area (Å²) in [6.45, 7) is 2.71. The third-order valence-electron chi connectivity index (χ3n) is 2.53. The van der Waals surface area contributed by atoms with Crippen molar-refractivity contribution in [2.24, 2.45) is 0 Å². The van der Waals surface area contributed by atoms with E-state index in [2.05, 4.69) is 28.2 Å². The Morgan fingerprint density at radius 2 is 2.18 bits per heavy atom. The Bertz CT molecular complexity index is 370. The predicted octanol–water partition coefficient (Wildman–Crippen LogP) is 3.05. The van der Waals surface area contributed by atoms with Crippen molar-refractivity contribution < 1.29 is 9.18 Å². The van der Waals surface area contributed by atoms with E-state index in [9.17, 15) is 9.18 Å². The molecule has 0 bridgehead atoms. The molecule has 0 aliphatic rings. The number of benzene rings is 1. The first kappa shape index (κ1) is 14.2. The molecule has 1 N–H and O–H groups in total. The first-order chi connectivity index (χ1) is 8.13. The Kier molecular flexibility index (Phi) is 6.19. The maximum atomic E-state index is 13.3. The summed E-state index contributed by atoms with van der Waals surface area (Å²) in [7, 11) is 0. The number of halogens is 2. The number of amides is 1. The molecule has 1 atom stereocenters. The minimum atomic E-state index is -0.324. The smallest absolute Gasteiger partial charge is 0.224 e. The van der Waals surface area contributed by atoms with E-state index >= 15 is 0 Å². The zero-order valence-electron chi connectivity index (χ0n) is 9.88. The van der Waals surface area contributed by atoms with Gasteiger partial charge in [0.25, 0.3) is 0 Å². The molecule has 4 heteroatoms. The van der Waals surface area contributed by atoms with Crippen LogP contribution in [0.25, 0.3) is 0 Å². The topological polar surface area (TPSA) is 29.1 Å². The third-order valence-corrected chi connectivity index (χ3v) is 3.64. The van der Waals surface area contributed by atoms with Crippen molar-refractivity contribution in [2.75, 3.05) is 6.54 Å². The highest BCUT2D eigenvalue weighted by Crippen LogP contribution is 2.09. The Morgan fingerprint density at radius 1 is 1.47 bits per heavy atom. The van der Waals surface area contributed by atoms with Crippen LogP contribution in [0, 0.1) is 5.82 Å². The number of rotatable bonds is 6. The van der Waals surface area contributed by atoms with Crippen LogP contribution in [0.1, 0.15) is 25.3 Å². The molecule has 1 amide bonds. The molecule has 1 rings (SSSR count). The van der Waals surface area contributed by atoms with Crippen molar-refractivity contribution >= 4 is 21.8 Å². The number of hydrogen-bond donors (Lipinski definition) is 1. The van der Waals surface area contributed by atoms with Crippen LogP contribution in [0.4, 0.5) is 4.39 Å². The van der Waals surface area contributed by atoms with E-state index < -0.39 is 0 Å². The fourth-order valence-corrected chi connectivity index (χ4v) is 1.68. The molecule has 0 saturated carbocycles. The third kappa shape index (κ3) is 5.31. The molecule has 1 aromatic rings. The van der Waals surface area contributed by atoms with Crippen LogP contribution < -0.4 is 5.32 Å². The van der Waals surface area contributed by atoms with Crippen LogP contribution in [-0.4, -0.2) is 17.3 Å². The molecule has 0 aliphatic carbocycles. The number of carbonyl (C=O) groups is 1. The van der Waals surface area contributed by atoms with Crippen molar-refractivity contribution in [1.82, 2.24) is 5.32 Å². The van der Waals surface area contributed by atoms with Gasteiger partial charge in [0, 0.05) is 11.4 Å². The van der Waals surface area contributed by atoms with E-state index in [1.807, 2.05) is 0 Å². The molecule has 0 heterocycles. The van der Waals surface area contributed by atoms with Gasteiger partial charge in [0.2, 0.25) is 5.91 Å². The molecule has 0 aliphatic heterocycles. The van der Waals surface area contributed by atoms with Crippen LogP contribution in [0.3, 0.4) is 0 Å². The number of nitrogens with one attached hydrogen (secondary N) is 1. The lowest BCUT2D eigenvalue weighted by molar-refractivity contribution is -0.120. The van der Waals surface area contributed by atoms with Crippen LogP contribution >= 0.6 is 15.9 Å². The van der Waals surface area contributed by atoms with Gasteiger partial charge >= 0.3 is 0 Å². The minimum Gasteiger partial charge on any atom is -0.356 e.